The molecule has 150 valence electrons. The van der Waals surface area contributed by atoms with E-state index >= 15 is 0 Å². The summed E-state index contributed by atoms with van der Waals surface area (Å²) in [7, 11) is 0.630. The zero-order valence-corrected chi connectivity index (χ0v) is 19.5. The van der Waals surface area contributed by atoms with Gasteiger partial charge in [-0.15, -0.1) is 35.3 Å². The molecule has 0 spiro atoms. The minimum absolute atomic E-state index is 0. The smallest absolute Gasteiger partial charge is 0.191 e. The molecule has 2 atom stereocenters. The molecule has 0 amide bonds. The number of aliphatic imine (C=N–C) groups is 1. The van der Waals surface area contributed by atoms with E-state index in [1.165, 1.54) is 0 Å². The van der Waals surface area contributed by atoms with Gasteiger partial charge >= 0.3 is 0 Å². The SMILES string of the molecule is CN=C(NCCS(=O)c1ccccc1)NCC(O)c1cc2ccccc2s1.I. The molecule has 1 aromatic heterocycles. The minimum atomic E-state index is -1.05. The zero-order chi connectivity index (χ0) is 19.1. The lowest BCUT2D eigenvalue weighted by molar-refractivity contribution is 0.184. The van der Waals surface area contributed by atoms with Gasteiger partial charge in [0.1, 0.15) is 6.10 Å². The highest BCUT2D eigenvalue weighted by Gasteiger charge is 2.12. The summed E-state index contributed by atoms with van der Waals surface area (Å²) < 4.78 is 13.4. The van der Waals surface area contributed by atoms with Crippen molar-refractivity contribution >= 4 is 62.2 Å². The van der Waals surface area contributed by atoms with Crippen LogP contribution in [0.2, 0.25) is 0 Å². The van der Waals surface area contributed by atoms with E-state index in [-0.39, 0.29) is 24.0 Å². The van der Waals surface area contributed by atoms with Gasteiger partial charge in [0.25, 0.3) is 0 Å². The van der Waals surface area contributed by atoms with Gasteiger partial charge in [0, 0.05) is 40.4 Å². The predicted octanol–water partition coefficient (Wildman–Crippen LogP) is 3.53. The van der Waals surface area contributed by atoms with Crippen molar-refractivity contribution in [1.82, 2.24) is 10.6 Å². The van der Waals surface area contributed by atoms with Gasteiger partial charge in [-0.05, 0) is 29.7 Å². The molecular formula is C20H24IN3O2S2. The number of guanidine groups is 1. The topological polar surface area (TPSA) is 73.7 Å². The first-order chi connectivity index (χ1) is 13.2. The second kappa shape index (κ2) is 11.5. The van der Waals surface area contributed by atoms with E-state index in [1.807, 2.05) is 54.6 Å². The quantitative estimate of drug-likeness (QED) is 0.249. The third kappa shape index (κ3) is 6.26. The average molecular weight is 529 g/mol. The zero-order valence-electron chi connectivity index (χ0n) is 15.5. The van der Waals surface area contributed by atoms with Crippen LogP contribution in [0.25, 0.3) is 10.1 Å². The molecule has 0 aliphatic carbocycles. The summed E-state index contributed by atoms with van der Waals surface area (Å²) in [5, 5.41) is 17.8. The maximum Gasteiger partial charge on any atom is 0.191 e. The van der Waals surface area contributed by atoms with Crippen molar-refractivity contribution in [2.45, 2.75) is 11.0 Å². The van der Waals surface area contributed by atoms with E-state index in [4.69, 9.17) is 0 Å². The van der Waals surface area contributed by atoms with Crippen LogP contribution in [0.5, 0.6) is 0 Å². The van der Waals surface area contributed by atoms with Crippen molar-refractivity contribution < 1.29 is 9.32 Å². The number of aliphatic hydroxyl groups is 1. The van der Waals surface area contributed by atoms with Crippen LogP contribution in [0.4, 0.5) is 0 Å². The molecule has 3 N–H and O–H groups in total. The van der Waals surface area contributed by atoms with E-state index in [0.29, 0.717) is 24.8 Å². The molecule has 0 radical (unpaired) electrons. The van der Waals surface area contributed by atoms with Crippen LogP contribution in [0.3, 0.4) is 0 Å². The monoisotopic (exact) mass is 529 g/mol. The molecule has 0 bridgehead atoms. The van der Waals surface area contributed by atoms with E-state index in [2.05, 4.69) is 21.7 Å². The number of hydrogen-bond acceptors (Lipinski definition) is 4. The summed E-state index contributed by atoms with van der Waals surface area (Å²) in [6.45, 7) is 0.883. The number of nitrogens with one attached hydrogen (secondary N) is 2. The van der Waals surface area contributed by atoms with Gasteiger partial charge in [-0.25, -0.2) is 0 Å². The molecule has 0 saturated heterocycles. The van der Waals surface area contributed by atoms with Gasteiger partial charge in [0.05, 0.1) is 10.8 Å². The predicted molar refractivity (Wildman–Crippen MR) is 129 cm³/mol. The van der Waals surface area contributed by atoms with Gasteiger partial charge in [-0.2, -0.15) is 0 Å². The molecule has 3 rings (SSSR count). The lowest BCUT2D eigenvalue weighted by Gasteiger charge is -2.14. The number of benzene rings is 2. The number of aliphatic hydroxyl groups excluding tert-OH is 1. The number of halogens is 1. The van der Waals surface area contributed by atoms with E-state index < -0.39 is 16.9 Å². The average Bonchev–Trinajstić information content (AvgIpc) is 3.15. The Bertz CT molecular complexity index is 898. The second-order valence-electron chi connectivity index (χ2n) is 5.94. The fraction of sp³-hybridized carbons (Fsp3) is 0.250. The van der Waals surface area contributed by atoms with Crippen molar-refractivity contribution in [3.05, 3.63) is 65.5 Å². The third-order valence-corrected chi connectivity index (χ3v) is 6.64. The fourth-order valence-corrected chi connectivity index (χ4v) is 4.67. The van der Waals surface area contributed by atoms with Gasteiger partial charge in [0.2, 0.25) is 0 Å². The summed E-state index contributed by atoms with van der Waals surface area (Å²) in [5.41, 5.74) is 0. The molecule has 0 aliphatic rings. The first-order valence-corrected chi connectivity index (χ1v) is 10.9. The molecule has 2 unspecified atom stereocenters. The Labute approximate surface area is 188 Å². The Balaban J connectivity index is 0.00000280. The van der Waals surface area contributed by atoms with E-state index in [0.717, 1.165) is 19.9 Å². The maximum atomic E-state index is 12.2. The molecule has 2 aromatic carbocycles. The summed E-state index contributed by atoms with van der Waals surface area (Å²) >= 11 is 1.59. The lowest BCUT2D eigenvalue weighted by atomic mass is 10.2. The van der Waals surface area contributed by atoms with Crippen molar-refractivity contribution in [1.29, 1.82) is 0 Å². The maximum absolute atomic E-state index is 12.2. The fourth-order valence-electron chi connectivity index (χ4n) is 2.63. The third-order valence-electron chi connectivity index (χ3n) is 4.05. The number of nitrogens with zero attached hydrogens (tertiary/aromatic N) is 1. The molecule has 8 heteroatoms. The Kier molecular flexibility index (Phi) is 9.36. The largest absolute Gasteiger partial charge is 0.386 e. The molecule has 5 nitrogen and oxygen atoms in total. The van der Waals surface area contributed by atoms with Gasteiger partial charge in [-0.3, -0.25) is 9.20 Å². The number of thiophene rings is 1. The Morgan fingerprint density at radius 2 is 1.86 bits per heavy atom. The van der Waals surface area contributed by atoms with E-state index in [9.17, 15) is 9.32 Å². The molecule has 0 aliphatic heterocycles. The number of hydrogen-bond donors (Lipinski definition) is 3. The highest BCUT2D eigenvalue weighted by Crippen LogP contribution is 2.29. The van der Waals surface area contributed by atoms with Crippen molar-refractivity contribution in [2.75, 3.05) is 25.9 Å². The molecule has 0 fully saturated rings. The molecule has 28 heavy (non-hydrogen) atoms. The lowest BCUT2D eigenvalue weighted by Crippen LogP contribution is -2.40. The van der Waals surface area contributed by atoms with Gasteiger partial charge in [-0.1, -0.05) is 36.4 Å². The van der Waals surface area contributed by atoms with Crippen LogP contribution >= 0.6 is 35.3 Å². The Hall–Kier alpha value is -1.49. The van der Waals surface area contributed by atoms with Crippen molar-refractivity contribution in [3.8, 4) is 0 Å². The van der Waals surface area contributed by atoms with Crippen LogP contribution in [0.1, 0.15) is 11.0 Å². The molecule has 3 aromatic rings. The summed E-state index contributed by atoms with van der Waals surface area (Å²) in [6, 6.07) is 19.5. The molecule has 0 saturated carbocycles. The molecule has 1 heterocycles. The Morgan fingerprint density at radius 3 is 2.57 bits per heavy atom. The normalized spacial score (nSPS) is 13.6. The van der Waals surface area contributed by atoms with Gasteiger partial charge in [0.15, 0.2) is 5.96 Å². The second-order valence-corrected chi connectivity index (χ2v) is 8.63. The van der Waals surface area contributed by atoms with Crippen LogP contribution in [-0.4, -0.2) is 41.2 Å². The van der Waals surface area contributed by atoms with Gasteiger partial charge < -0.3 is 15.7 Å². The van der Waals surface area contributed by atoms with Crippen molar-refractivity contribution in [3.63, 3.8) is 0 Å². The minimum Gasteiger partial charge on any atom is -0.386 e. The number of rotatable bonds is 7. The first kappa shape index (κ1) is 22.8. The first-order valence-electron chi connectivity index (χ1n) is 8.72. The Morgan fingerprint density at radius 1 is 1.14 bits per heavy atom. The number of fused-ring (bicyclic) bond motifs is 1. The summed E-state index contributed by atoms with van der Waals surface area (Å²) in [4.78, 5) is 5.90. The van der Waals surface area contributed by atoms with Crippen LogP contribution in [0.15, 0.2) is 70.6 Å². The van der Waals surface area contributed by atoms with E-state index in [1.54, 1.807) is 18.4 Å². The summed E-state index contributed by atoms with van der Waals surface area (Å²) in [6.07, 6.45) is -0.612. The highest BCUT2D eigenvalue weighted by molar-refractivity contribution is 14.0. The van der Waals surface area contributed by atoms with Crippen LogP contribution < -0.4 is 10.6 Å². The van der Waals surface area contributed by atoms with Crippen LogP contribution in [-0.2, 0) is 10.8 Å². The highest BCUT2D eigenvalue weighted by atomic mass is 127. The molecular weight excluding hydrogens is 505 g/mol. The summed E-state index contributed by atoms with van der Waals surface area (Å²) in [5.74, 6) is 1.07. The van der Waals surface area contributed by atoms with Crippen molar-refractivity contribution in [2.24, 2.45) is 4.99 Å². The standard InChI is InChI=1S/C20H23N3O2S2.HI/c1-21-20(22-11-12-27(25)16-8-3-2-4-9-16)23-14-17(24)19-13-15-7-5-6-10-18(15)26-19;/h2-10,13,17,24H,11-12,14H2,1H3,(H2,21,22,23);1H. The van der Waals surface area contributed by atoms with Crippen LogP contribution in [0, 0.1) is 0 Å².